The minimum atomic E-state index is -4.28. The van der Waals surface area contributed by atoms with E-state index in [1.54, 1.807) is 0 Å². The molecule has 0 fully saturated rings. The first-order valence-corrected chi connectivity index (χ1v) is 6.79. The standard InChI is InChI=1S/C14H18F3NO3/c15-14(16,17)10-19-8-5-18-9-11-3-1-4-12-13(11)21-7-2-6-20-12/h1,3-4,18H,2,5-10H2. The number of fused-ring (bicyclic) bond motifs is 1. The van der Waals surface area contributed by atoms with Crippen LogP contribution >= 0.6 is 0 Å². The number of nitrogens with one attached hydrogen (secondary N) is 1. The van der Waals surface area contributed by atoms with Gasteiger partial charge in [0.25, 0.3) is 0 Å². The molecule has 1 aliphatic heterocycles. The van der Waals surface area contributed by atoms with Crippen molar-refractivity contribution in [2.24, 2.45) is 0 Å². The van der Waals surface area contributed by atoms with Crippen molar-refractivity contribution in [1.29, 1.82) is 0 Å². The highest BCUT2D eigenvalue weighted by molar-refractivity contribution is 5.46. The number of rotatable bonds is 6. The second-order valence-corrected chi connectivity index (χ2v) is 4.64. The highest BCUT2D eigenvalue weighted by atomic mass is 19.4. The van der Waals surface area contributed by atoms with Crippen molar-refractivity contribution in [2.45, 2.75) is 19.1 Å². The smallest absolute Gasteiger partial charge is 0.411 e. The summed E-state index contributed by atoms with van der Waals surface area (Å²) in [5.74, 6) is 1.42. The molecule has 1 aromatic carbocycles. The lowest BCUT2D eigenvalue weighted by molar-refractivity contribution is -0.173. The number of para-hydroxylation sites is 1. The fraction of sp³-hybridized carbons (Fsp3) is 0.571. The highest BCUT2D eigenvalue weighted by Crippen LogP contribution is 2.33. The molecule has 0 unspecified atom stereocenters. The van der Waals surface area contributed by atoms with Gasteiger partial charge in [-0.25, -0.2) is 0 Å². The van der Waals surface area contributed by atoms with Gasteiger partial charge in [0, 0.05) is 25.1 Å². The van der Waals surface area contributed by atoms with Crippen molar-refractivity contribution in [2.75, 3.05) is 33.0 Å². The van der Waals surface area contributed by atoms with Crippen LogP contribution < -0.4 is 14.8 Å². The van der Waals surface area contributed by atoms with Gasteiger partial charge in [0.05, 0.1) is 19.8 Å². The van der Waals surface area contributed by atoms with Crippen LogP contribution in [0.1, 0.15) is 12.0 Å². The van der Waals surface area contributed by atoms with Crippen molar-refractivity contribution in [3.05, 3.63) is 23.8 Å². The number of hydrogen-bond acceptors (Lipinski definition) is 4. The van der Waals surface area contributed by atoms with Crippen LogP contribution in [0.4, 0.5) is 13.2 Å². The van der Waals surface area contributed by atoms with E-state index in [4.69, 9.17) is 9.47 Å². The van der Waals surface area contributed by atoms with E-state index in [0.717, 1.165) is 12.0 Å². The number of alkyl halides is 3. The molecule has 0 atom stereocenters. The zero-order valence-corrected chi connectivity index (χ0v) is 11.5. The van der Waals surface area contributed by atoms with Crippen LogP contribution in [0.25, 0.3) is 0 Å². The lowest BCUT2D eigenvalue weighted by atomic mass is 10.2. The summed E-state index contributed by atoms with van der Waals surface area (Å²) in [4.78, 5) is 0. The van der Waals surface area contributed by atoms with E-state index in [9.17, 15) is 13.2 Å². The number of ether oxygens (including phenoxy) is 3. The van der Waals surface area contributed by atoms with Gasteiger partial charge in [-0.05, 0) is 6.07 Å². The molecule has 0 amide bonds. The minimum Gasteiger partial charge on any atom is -0.490 e. The largest absolute Gasteiger partial charge is 0.490 e. The summed E-state index contributed by atoms with van der Waals surface area (Å²) in [7, 11) is 0. The lowest BCUT2D eigenvalue weighted by Crippen LogP contribution is -2.23. The summed E-state index contributed by atoms with van der Waals surface area (Å²) < 4.78 is 51.4. The number of hydrogen-bond donors (Lipinski definition) is 1. The normalized spacial score (nSPS) is 14.8. The molecule has 0 aromatic heterocycles. The maximum absolute atomic E-state index is 11.9. The van der Waals surface area contributed by atoms with Crippen LogP contribution in [0.5, 0.6) is 11.5 Å². The molecule has 118 valence electrons. The maximum atomic E-state index is 11.9. The zero-order chi connectivity index (χ0) is 15.1. The first kappa shape index (κ1) is 15.9. The van der Waals surface area contributed by atoms with Crippen LogP contribution in [-0.4, -0.2) is 39.1 Å². The molecule has 1 heterocycles. The Kier molecular flexibility index (Phi) is 5.69. The van der Waals surface area contributed by atoms with E-state index < -0.39 is 12.8 Å². The Hall–Kier alpha value is -1.47. The fourth-order valence-corrected chi connectivity index (χ4v) is 1.95. The van der Waals surface area contributed by atoms with Crippen LogP contribution in [0.3, 0.4) is 0 Å². The van der Waals surface area contributed by atoms with Gasteiger partial charge < -0.3 is 19.5 Å². The van der Waals surface area contributed by atoms with Crippen molar-refractivity contribution in [3.63, 3.8) is 0 Å². The summed E-state index contributed by atoms with van der Waals surface area (Å²) in [6, 6.07) is 5.61. The average Bonchev–Trinajstić information content (AvgIpc) is 2.67. The Bertz CT molecular complexity index is 452. The van der Waals surface area contributed by atoms with Crippen molar-refractivity contribution in [3.8, 4) is 11.5 Å². The number of benzene rings is 1. The highest BCUT2D eigenvalue weighted by Gasteiger charge is 2.27. The summed E-state index contributed by atoms with van der Waals surface area (Å²) in [5, 5.41) is 3.03. The molecular formula is C14H18F3NO3. The third kappa shape index (κ3) is 5.43. The molecule has 0 radical (unpaired) electrons. The molecule has 1 N–H and O–H groups in total. The topological polar surface area (TPSA) is 39.7 Å². The Balaban J connectivity index is 1.76. The summed E-state index contributed by atoms with van der Waals surface area (Å²) in [6.07, 6.45) is -3.45. The Morgan fingerprint density at radius 3 is 2.81 bits per heavy atom. The second kappa shape index (κ2) is 7.51. The van der Waals surface area contributed by atoms with Gasteiger partial charge in [-0.2, -0.15) is 13.2 Å². The molecule has 7 heteroatoms. The lowest BCUT2D eigenvalue weighted by Gasteiger charge is -2.13. The predicted octanol–water partition coefficient (Wildman–Crippen LogP) is 2.52. The summed E-state index contributed by atoms with van der Waals surface area (Å²) in [5.41, 5.74) is 0.922. The molecule has 0 spiro atoms. The molecule has 4 nitrogen and oxygen atoms in total. The van der Waals surface area contributed by atoms with Crippen molar-refractivity contribution < 1.29 is 27.4 Å². The molecule has 0 saturated heterocycles. The molecule has 21 heavy (non-hydrogen) atoms. The average molecular weight is 305 g/mol. The van der Waals surface area contributed by atoms with E-state index in [1.807, 2.05) is 18.2 Å². The Labute approximate surface area is 121 Å². The predicted molar refractivity (Wildman–Crippen MR) is 70.6 cm³/mol. The van der Waals surface area contributed by atoms with Gasteiger partial charge >= 0.3 is 6.18 Å². The molecule has 1 aliphatic rings. The summed E-state index contributed by atoms with van der Waals surface area (Å²) >= 11 is 0. The van der Waals surface area contributed by atoms with Crippen LogP contribution in [0, 0.1) is 0 Å². The Morgan fingerprint density at radius 2 is 2.00 bits per heavy atom. The van der Waals surface area contributed by atoms with Gasteiger partial charge in [-0.3, -0.25) is 0 Å². The monoisotopic (exact) mass is 305 g/mol. The van der Waals surface area contributed by atoms with Crippen LogP contribution in [-0.2, 0) is 11.3 Å². The molecule has 0 saturated carbocycles. The van der Waals surface area contributed by atoms with Gasteiger partial charge in [0.15, 0.2) is 11.5 Å². The molecule has 2 rings (SSSR count). The summed E-state index contributed by atoms with van der Waals surface area (Å²) in [6.45, 7) is 0.828. The van der Waals surface area contributed by atoms with Gasteiger partial charge in [0.1, 0.15) is 6.61 Å². The SMILES string of the molecule is FC(F)(F)COCCNCc1cccc2c1OCCCO2. The van der Waals surface area contributed by atoms with Crippen molar-refractivity contribution in [1.82, 2.24) is 5.32 Å². The minimum absolute atomic E-state index is 0.00584. The van der Waals surface area contributed by atoms with Crippen LogP contribution in [0.15, 0.2) is 18.2 Å². The first-order valence-electron chi connectivity index (χ1n) is 6.79. The molecule has 1 aromatic rings. The Morgan fingerprint density at radius 1 is 1.19 bits per heavy atom. The van der Waals surface area contributed by atoms with Gasteiger partial charge in [0.2, 0.25) is 0 Å². The van der Waals surface area contributed by atoms with Gasteiger partial charge in [-0.15, -0.1) is 0 Å². The van der Waals surface area contributed by atoms with E-state index in [-0.39, 0.29) is 6.61 Å². The van der Waals surface area contributed by atoms with Crippen LogP contribution in [0.2, 0.25) is 0 Å². The molecule has 0 bridgehead atoms. The maximum Gasteiger partial charge on any atom is 0.411 e. The van der Waals surface area contributed by atoms with Crippen molar-refractivity contribution >= 4 is 0 Å². The van der Waals surface area contributed by atoms with Gasteiger partial charge in [-0.1, -0.05) is 12.1 Å². The second-order valence-electron chi connectivity index (χ2n) is 4.64. The fourth-order valence-electron chi connectivity index (χ4n) is 1.95. The third-order valence-corrected chi connectivity index (χ3v) is 2.86. The third-order valence-electron chi connectivity index (χ3n) is 2.86. The molecular weight excluding hydrogens is 287 g/mol. The quantitative estimate of drug-likeness (QED) is 0.820. The van der Waals surface area contributed by atoms with E-state index in [1.165, 1.54) is 0 Å². The first-order chi connectivity index (χ1) is 10.1. The van der Waals surface area contributed by atoms with E-state index in [2.05, 4.69) is 10.1 Å². The van der Waals surface area contributed by atoms with E-state index in [0.29, 0.717) is 37.8 Å². The zero-order valence-electron chi connectivity index (χ0n) is 11.5. The van der Waals surface area contributed by atoms with E-state index >= 15 is 0 Å². The number of halogens is 3. The molecule has 0 aliphatic carbocycles.